The molecule has 0 spiro atoms. The van der Waals surface area contributed by atoms with Crippen LogP contribution in [0.2, 0.25) is 5.02 Å². The highest BCUT2D eigenvalue weighted by atomic mass is 79.9. The van der Waals surface area contributed by atoms with Gasteiger partial charge in [0.25, 0.3) is 5.91 Å². The number of anilines is 1. The van der Waals surface area contributed by atoms with E-state index >= 15 is 0 Å². The molecule has 0 N–H and O–H groups in total. The molecule has 1 fully saturated rings. The molecule has 0 aliphatic carbocycles. The molecular formula is C15H16BrClN4O. The zero-order valence-electron chi connectivity index (χ0n) is 12.2. The summed E-state index contributed by atoms with van der Waals surface area (Å²) in [6, 6.07) is 7.80. The van der Waals surface area contributed by atoms with Gasteiger partial charge < -0.3 is 9.80 Å². The standard InChI is InChI=1S/C15H16BrClN4O/c1-19-14(13(16)10-18-19)15(22)21-8-6-20(7-9-21)12-4-2-11(17)3-5-12/h2-5,10H,6-9H2,1H3. The summed E-state index contributed by atoms with van der Waals surface area (Å²) in [6.45, 7) is 3.00. The Kier molecular flexibility index (Phi) is 4.40. The van der Waals surface area contributed by atoms with Crippen LogP contribution >= 0.6 is 27.5 Å². The van der Waals surface area contributed by atoms with Crippen LogP contribution in [-0.2, 0) is 7.05 Å². The van der Waals surface area contributed by atoms with Gasteiger partial charge in [-0.2, -0.15) is 5.10 Å². The zero-order valence-corrected chi connectivity index (χ0v) is 14.5. The predicted molar refractivity (Wildman–Crippen MR) is 90.5 cm³/mol. The summed E-state index contributed by atoms with van der Waals surface area (Å²) >= 11 is 9.30. The average molecular weight is 384 g/mol. The summed E-state index contributed by atoms with van der Waals surface area (Å²) in [5.41, 5.74) is 1.73. The first-order chi connectivity index (χ1) is 10.6. The van der Waals surface area contributed by atoms with Crippen LogP contribution < -0.4 is 4.90 Å². The van der Waals surface area contributed by atoms with Crippen molar-refractivity contribution >= 4 is 39.1 Å². The fourth-order valence-electron chi connectivity index (χ4n) is 2.62. The van der Waals surface area contributed by atoms with Gasteiger partial charge in [0, 0.05) is 43.9 Å². The fourth-order valence-corrected chi connectivity index (χ4v) is 3.26. The fraction of sp³-hybridized carbons (Fsp3) is 0.333. The van der Waals surface area contributed by atoms with Crippen LogP contribution in [-0.4, -0.2) is 46.8 Å². The third-order valence-electron chi connectivity index (χ3n) is 3.86. The Hall–Kier alpha value is -1.53. The van der Waals surface area contributed by atoms with E-state index in [0.717, 1.165) is 28.3 Å². The first kappa shape index (κ1) is 15.4. The maximum absolute atomic E-state index is 12.6. The Balaban J connectivity index is 1.67. The first-order valence-electron chi connectivity index (χ1n) is 7.03. The molecule has 0 bridgehead atoms. The number of halogens is 2. The second-order valence-corrected chi connectivity index (χ2v) is 6.51. The third kappa shape index (κ3) is 2.98. The van der Waals surface area contributed by atoms with Gasteiger partial charge >= 0.3 is 0 Å². The average Bonchev–Trinajstić information content (AvgIpc) is 2.86. The molecule has 2 heterocycles. The number of rotatable bonds is 2. The molecule has 2 aromatic rings. The second-order valence-electron chi connectivity index (χ2n) is 5.22. The number of carbonyl (C=O) groups is 1. The lowest BCUT2D eigenvalue weighted by atomic mass is 10.2. The van der Waals surface area contributed by atoms with Crippen molar-refractivity contribution in [2.75, 3.05) is 31.1 Å². The molecule has 1 aliphatic rings. The number of amides is 1. The van der Waals surface area contributed by atoms with Gasteiger partial charge in [-0.25, -0.2) is 0 Å². The molecule has 5 nitrogen and oxygen atoms in total. The summed E-state index contributed by atoms with van der Waals surface area (Å²) < 4.78 is 2.35. The third-order valence-corrected chi connectivity index (χ3v) is 4.69. The maximum atomic E-state index is 12.6. The normalized spacial score (nSPS) is 15.2. The second kappa shape index (κ2) is 6.30. The number of hydrogen-bond donors (Lipinski definition) is 0. The molecule has 1 amide bonds. The van der Waals surface area contributed by atoms with Crippen molar-refractivity contribution in [3.8, 4) is 0 Å². The van der Waals surface area contributed by atoms with Gasteiger partial charge in [0.05, 0.1) is 10.7 Å². The van der Waals surface area contributed by atoms with E-state index < -0.39 is 0 Å². The van der Waals surface area contributed by atoms with Gasteiger partial charge in [0.1, 0.15) is 5.69 Å². The molecule has 1 aromatic heterocycles. The van der Waals surface area contributed by atoms with Gasteiger partial charge in [-0.1, -0.05) is 11.6 Å². The predicted octanol–water partition coefficient (Wildman–Crippen LogP) is 2.80. The molecule has 1 aromatic carbocycles. The highest BCUT2D eigenvalue weighted by molar-refractivity contribution is 9.10. The van der Waals surface area contributed by atoms with Crippen LogP contribution in [0.3, 0.4) is 0 Å². The van der Waals surface area contributed by atoms with Crippen molar-refractivity contribution in [2.45, 2.75) is 0 Å². The van der Waals surface area contributed by atoms with Gasteiger partial charge in [-0.05, 0) is 40.2 Å². The van der Waals surface area contributed by atoms with E-state index in [4.69, 9.17) is 11.6 Å². The summed E-state index contributed by atoms with van der Waals surface area (Å²) in [4.78, 5) is 16.7. The molecule has 1 saturated heterocycles. The van der Waals surface area contributed by atoms with E-state index in [0.29, 0.717) is 18.8 Å². The summed E-state index contributed by atoms with van der Waals surface area (Å²) in [5.74, 6) is 0.0163. The van der Waals surface area contributed by atoms with Gasteiger partial charge in [0.2, 0.25) is 0 Å². The van der Waals surface area contributed by atoms with Crippen molar-refractivity contribution < 1.29 is 4.79 Å². The van der Waals surface area contributed by atoms with E-state index in [9.17, 15) is 4.79 Å². The molecule has 22 heavy (non-hydrogen) atoms. The summed E-state index contributed by atoms with van der Waals surface area (Å²) in [6.07, 6.45) is 1.65. The molecule has 0 saturated carbocycles. The molecule has 0 radical (unpaired) electrons. The van der Waals surface area contributed by atoms with Crippen LogP contribution in [0.4, 0.5) is 5.69 Å². The monoisotopic (exact) mass is 382 g/mol. The number of carbonyl (C=O) groups excluding carboxylic acids is 1. The zero-order chi connectivity index (χ0) is 15.7. The van der Waals surface area contributed by atoms with E-state index in [1.54, 1.807) is 17.9 Å². The minimum atomic E-state index is 0.0163. The van der Waals surface area contributed by atoms with Crippen LogP contribution in [0, 0.1) is 0 Å². The molecule has 7 heteroatoms. The largest absolute Gasteiger partial charge is 0.368 e. The minimum absolute atomic E-state index is 0.0163. The number of benzene rings is 1. The van der Waals surface area contributed by atoms with Gasteiger partial charge in [-0.3, -0.25) is 9.48 Å². The molecule has 3 rings (SSSR count). The highest BCUT2D eigenvalue weighted by Crippen LogP contribution is 2.21. The lowest BCUT2D eigenvalue weighted by molar-refractivity contribution is 0.0734. The van der Waals surface area contributed by atoms with Crippen molar-refractivity contribution in [1.82, 2.24) is 14.7 Å². The van der Waals surface area contributed by atoms with Gasteiger partial charge in [0.15, 0.2) is 0 Å². The number of hydrogen-bond acceptors (Lipinski definition) is 3. The molecule has 0 atom stereocenters. The van der Waals surface area contributed by atoms with E-state index in [2.05, 4.69) is 25.9 Å². The first-order valence-corrected chi connectivity index (χ1v) is 8.20. The minimum Gasteiger partial charge on any atom is -0.368 e. The maximum Gasteiger partial charge on any atom is 0.273 e. The van der Waals surface area contributed by atoms with E-state index in [-0.39, 0.29) is 5.91 Å². The van der Waals surface area contributed by atoms with Crippen LogP contribution in [0.1, 0.15) is 10.5 Å². The molecule has 116 valence electrons. The quantitative estimate of drug-likeness (QED) is 0.801. The van der Waals surface area contributed by atoms with Crippen molar-refractivity contribution in [3.63, 3.8) is 0 Å². The Morgan fingerprint density at radius 2 is 1.82 bits per heavy atom. The summed E-state index contributed by atoms with van der Waals surface area (Å²) in [7, 11) is 1.78. The van der Waals surface area contributed by atoms with Crippen molar-refractivity contribution in [1.29, 1.82) is 0 Å². The lowest BCUT2D eigenvalue weighted by Gasteiger charge is -2.36. The van der Waals surface area contributed by atoms with Crippen molar-refractivity contribution in [2.24, 2.45) is 7.05 Å². The van der Waals surface area contributed by atoms with Crippen molar-refractivity contribution in [3.05, 3.63) is 45.7 Å². The Morgan fingerprint density at radius 1 is 1.18 bits per heavy atom. The van der Waals surface area contributed by atoms with Crippen LogP contribution in [0.15, 0.2) is 34.9 Å². The van der Waals surface area contributed by atoms with Crippen LogP contribution in [0.5, 0.6) is 0 Å². The molecule has 1 aliphatic heterocycles. The Bertz CT molecular complexity index is 658. The molecule has 0 unspecified atom stereocenters. The van der Waals surface area contributed by atoms with Gasteiger partial charge in [-0.15, -0.1) is 0 Å². The number of aromatic nitrogens is 2. The van der Waals surface area contributed by atoms with E-state index in [1.807, 2.05) is 29.2 Å². The Labute approximate surface area is 142 Å². The molecular weight excluding hydrogens is 368 g/mol. The summed E-state index contributed by atoms with van der Waals surface area (Å²) in [5, 5.41) is 4.84. The topological polar surface area (TPSA) is 41.4 Å². The number of aryl methyl sites for hydroxylation is 1. The number of piperazine rings is 1. The lowest BCUT2D eigenvalue weighted by Crippen LogP contribution is -2.49. The Morgan fingerprint density at radius 3 is 2.36 bits per heavy atom. The number of nitrogens with zero attached hydrogens (tertiary/aromatic N) is 4. The highest BCUT2D eigenvalue weighted by Gasteiger charge is 2.25. The smallest absolute Gasteiger partial charge is 0.273 e. The SMILES string of the molecule is Cn1ncc(Br)c1C(=O)N1CCN(c2ccc(Cl)cc2)CC1. The van der Waals surface area contributed by atoms with E-state index in [1.165, 1.54) is 0 Å². The van der Waals surface area contributed by atoms with Crippen LogP contribution in [0.25, 0.3) is 0 Å².